The third kappa shape index (κ3) is 4.05. The molecule has 0 radical (unpaired) electrons. The zero-order valence-corrected chi connectivity index (χ0v) is 16.5. The molecule has 28 heavy (non-hydrogen) atoms. The van der Waals surface area contributed by atoms with Crippen molar-refractivity contribution in [3.8, 4) is 11.4 Å². The fourth-order valence-corrected chi connectivity index (χ4v) is 3.10. The number of aromatic nitrogens is 3. The molecule has 1 heterocycles. The van der Waals surface area contributed by atoms with Gasteiger partial charge in [-0.3, -0.25) is 4.79 Å². The number of aryl methyl sites for hydroxylation is 1. The number of carbonyl (C=O) groups excluding carboxylic acids is 1. The largest absolute Gasteiger partial charge is 0.505 e. The molecule has 5 N–H and O–H groups in total. The zero-order chi connectivity index (χ0) is 20.5. The predicted octanol–water partition coefficient (Wildman–Crippen LogP) is 2.21. The molecule has 0 aliphatic heterocycles. The number of phenolic OH excluding ortho intramolecular Hbond substituents is 1. The van der Waals surface area contributed by atoms with E-state index >= 15 is 0 Å². The van der Waals surface area contributed by atoms with Crippen LogP contribution in [0.3, 0.4) is 0 Å². The number of hydrogen-bond acceptors (Lipinski definition) is 6. The maximum Gasteiger partial charge on any atom is 0.151 e. The Balaban J connectivity index is 2.04. The van der Waals surface area contributed by atoms with Gasteiger partial charge in [-0.2, -0.15) is 0 Å². The molecular weight excluding hydrogens is 354 g/mol. The van der Waals surface area contributed by atoms with Crippen LogP contribution in [0, 0.1) is 0 Å². The van der Waals surface area contributed by atoms with Gasteiger partial charge in [0.25, 0.3) is 0 Å². The Kier molecular flexibility index (Phi) is 5.49. The van der Waals surface area contributed by atoms with Crippen molar-refractivity contribution < 1.29 is 9.90 Å². The van der Waals surface area contributed by atoms with Crippen LogP contribution in [-0.2, 0) is 16.6 Å². The third-order valence-corrected chi connectivity index (χ3v) is 4.79. The highest BCUT2D eigenvalue weighted by Crippen LogP contribution is 2.36. The first kappa shape index (κ1) is 20.0. The van der Waals surface area contributed by atoms with Gasteiger partial charge in [-0.25, -0.2) is 0 Å². The zero-order valence-electron chi connectivity index (χ0n) is 16.5. The van der Waals surface area contributed by atoms with E-state index in [1.54, 1.807) is 0 Å². The van der Waals surface area contributed by atoms with Crippen LogP contribution in [0.1, 0.15) is 38.3 Å². The first-order valence-electron chi connectivity index (χ1n) is 9.38. The Morgan fingerprint density at radius 3 is 2.32 bits per heavy atom. The quantitative estimate of drug-likeness (QED) is 0.602. The molecule has 2 aromatic carbocycles. The van der Waals surface area contributed by atoms with Gasteiger partial charge in [0, 0.05) is 18.5 Å². The van der Waals surface area contributed by atoms with Crippen LogP contribution in [0.4, 0.5) is 0 Å². The van der Waals surface area contributed by atoms with Gasteiger partial charge >= 0.3 is 0 Å². The van der Waals surface area contributed by atoms with Crippen LogP contribution in [0.25, 0.3) is 16.7 Å². The first-order valence-corrected chi connectivity index (χ1v) is 9.38. The number of ketones is 1. The molecule has 0 bridgehead atoms. The average Bonchev–Trinajstić information content (AvgIpc) is 3.09. The van der Waals surface area contributed by atoms with Crippen LogP contribution >= 0.6 is 0 Å². The molecule has 0 spiro atoms. The Morgan fingerprint density at radius 1 is 1.18 bits per heavy atom. The normalized spacial score (nSPS) is 13.0. The number of Topliss-reactive ketones (excluding diaryl/α,β-unsaturated/α-hetero) is 1. The van der Waals surface area contributed by atoms with Crippen molar-refractivity contribution in [3.05, 3.63) is 47.5 Å². The summed E-state index contributed by atoms with van der Waals surface area (Å²) in [5, 5.41) is 19.9. The summed E-state index contributed by atoms with van der Waals surface area (Å²) in [4.78, 5) is 13.5. The minimum absolute atomic E-state index is 0.0719. The van der Waals surface area contributed by atoms with Gasteiger partial charge in [-0.05, 0) is 35.6 Å². The molecule has 0 aliphatic rings. The van der Waals surface area contributed by atoms with E-state index in [1.807, 2.05) is 57.2 Å². The number of carbonyl (C=O) groups is 1. The van der Waals surface area contributed by atoms with Crippen molar-refractivity contribution in [2.24, 2.45) is 11.5 Å². The van der Waals surface area contributed by atoms with Crippen molar-refractivity contribution in [1.82, 2.24) is 15.0 Å². The van der Waals surface area contributed by atoms with Gasteiger partial charge in [0.2, 0.25) is 0 Å². The summed E-state index contributed by atoms with van der Waals surface area (Å²) in [5.41, 5.74) is 14.6. The second-order valence-electron chi connectivity index (χ2n) is 8.05. The van der Waals surface area contributed by atoms with Crippen molar-refractivity contribution >= 4 is 16.8 Å². The highest BCUT2D eigenvalue weighted by Gasteiger charge is 2.23. The molecule has 3 aromatic rings. The molecule has 0 aliphatic carbocycles. The SMILES string of the molecule is CC(C)(C)c1cc(CCC(=O)C(N)CN)cc(-n2nc3ccccc3n2)c1O. The maximum atomic E-state index is 12.1. The summed E-state index contributed by atoms with van der Waals surface area (Å²) in [6.45, 7) is 6.21. The monoisotopic (exact) mass is 381 g/mol. The summed E-state index contributed by atoms with van der Waals surface area (Å²) in [6.07, 6.45) is 0.796. The fraction of sp³-hybridized carbons (Fsp3) is 0.381. The molecule has 148 valence electrons. The molecule has 7 nitrogen and oxygen atoms in total. The lowest BCUT2D eigenvalue weighted by atomic mass is 9.84. The smallest absolute Gasteiger partial charge is 0.151 e. The Labute approximate surface area is 164 Å². The molecule has 0 saturated heterocycles. The van der Waals surface area contributed by atoms with Crippen LogP contribution in [-0.4, -0.2) is 38.5 Å². The van der Waals surface area contributed by atoms with Gasteiger partial charge in [-0.15, -0.1) is 15.0 Å². The summed E-state index contributed by atoms with van der Waals surface area (Å²) in [7, 11) is 0. The number of hydrogen-bond donors (Lipinski definition) is 3. The van der Waals surface area contributed by atoms with Crippen LogP contribution in [0.2, 0.25) is 0 Å². The fourth-order valence-electron chi connectivity index (χ4n) is 3.10. The van der Waals surface area contributed by atoms with E-state index < -0.39 is 6.04 Å². The van der Waals surface area contributed by atoms with E-state index in [0.29, 0.717) is 18.5 Å². The van der Waals surface area contributed by atoms with E-state index in [0.717, 1.165) is 22.2 Å². The summed E-state index contributed by atoms with van der Waals surface area (Å²) in [5.74, 6) is 0.0685. The lowest BCUT2D eigenvalue weighted by Crippen LogP contribution is -2.37. The highest BCUT2D eigenvalue weighted by atomic mass is 16.3. The van der Waals surface area contributed by atoms with Gasteiger partial charge in [0.15, 0.2) is 5.78 Å². The topological polar surface area (TPSA) is 120 Å². The standard InChI is InChI=1S/C21H27N5O2/c1-21(2,3)14-10-13(8-9-19(27)15(23)12-22)11-18(20(14)28)26-24-16-6-4-5-7-17(16)25-26/h4-7,10-11,15,28H,8-9,12,22-23H2,1-3H3. The molecule has 1 aromatic heterocycles. The lowest BCUT2D eigenvalue weighted by molar-refractivity contribution is -0.120. The molecule has 0 saturated carbocycles. The molecule has 0 fully saturated rings. The van der Waals surface area contributed by atoms with Crippen LogP contribution in [0.15, 0.2) is 36.4 Å². The van der Waals surface area contributed by atoms with Crippen molar-refractivity contribution in [2.45, 2.75) is 45.1 Å². The number of nitrogens with zero attached hydrogens (tertiary/aromatic N) is 3. The lowest BCUT2D eigenvalue weighted by Gasteiger charge is -2.23. The van der Waals surface area contributed by atoms with E-state index in [9.17, 15) is 9.90 Å². The van der Waals surface area contributed by atoms with E-state index in [1.165, 1.54) is 4.80 Å². The molecule has 0 amide bonds. The average molecular weight is 381 g/mol. The minimum Gasteiger partial charge on any atom is -0.505 e. The minimum atomic E-state index is -0.642. The van der Waals surface area contributed by atoms with Crippen molar-refractivity contribution in [2.75, 3.05) is 6.54 Å². The third-order valence-electron chi connectivity index (χ3n) is 4.79. The molecule has 1 unspecified atom stereocenters. The predicted molar refractivity (Wildman–Crippen MR) is 110 cm³/mol. The van der Waals surface area contributed by atoms with E-state index in [-0.39, 0.29) is 23.5 Å². The number of fused-ring (bicyclic) bond motifs is 1. The second kappa shape index (κ2) is 7.69. The summed E-state index contributed by atoms with van der Waals surface area (Å²) >= 11 is 0. The number of nitrogens with two attached hydrogens (primary N) is 2. The molecule has 7 heteroatoms. The Bertz CT molecular complexity index is 971. The van der Waals surface area contributed by atoms with Gasteiger partial charge in [-0.1, -0.05) is 39.0 Å². The first-order chi connectivity index (χ1) is 13.2. The number of benzene rings is 2. The molecule has 3 rings (SSSR count). The van der Waals surface area contributed by atoms with E-state index in [2.05, 4.69) is 10.2 Å². The summed E-state index contributed by atoms with van der Waals surface area (Å²) in [6, 6.07) is 10.6. The van der Waals surface area contributed by atoms with E-state index in [4.69, 9.17) is 11.5 Å². The molecule has 1 atom stereocenters. The number of aromatic hydroxyl groups is 1. The van der Waals surface area contributed by atoms with Gasteiger partial charge in [0.05, 0.1) is 6.04 Å². The Hall–Kier alpha value is -2.77. The number of rotatable bonds is 6. The summed E-state index contributed by atoms with van der Waals surface area (Å²) < 4.78 is 0. The Morgan fingerprint density at radius 2 is 1.79 bits per heavy atom. The van der Waals surface area contributed by atoms with Crippen LogP contribution < -0.4 is 11.5 Å². The van der Waals surface area contributed by atoms with Crippen molar-refractivity contribution in [1.29, 1.82) is 0 Å². The van der Waals surface area contributed by atoms with Crippen molar-refractivity contribution in [3.63, 3.8) is 0 Å². The van der Waals surface area contributed by atoms with Gasteiger partial charge in [0.1, 0.15) is 22.5 Å². The van der Waals surface area contributed by atoms with Gasteiger partial charge < -0.3 is 16.6 Å². The second-order valence-corrected chi connectivity index (χ2v) is 8.05. The van der Waals surface area contributed by atoms with Crippen LogP contribution in [0.5, 0.6) is 5.75 Å². The maximum absolute atomic E-state index is 12.1. The number of phenols is 1. The molecular formula is C21H27N5O2. The highest BCUT2D eigenvalue weighted by molar-refractivity contribution is 5.84.